The van der Waals surface area contributed by atoms with Crippen LogP contribution in [0.5, 0.6) is 0 Å². The van der Waals surface area contributed by atoms with Crippen LogP contribution < -0.4 is 5.32 Å². The van der Waals surface area contributed by atoms with Crippen molar-refractivity contribution in [2.24, 2.45) is 0 Å². The predicted molar refractivity (Wildman–Crippen MR) is 75.6 cm³/mol. The fourth-order valence-electron chi connectivity index (χ4n) is 1.95. The molecule has 7 heteroatoms. The first-order valence-electron chi connectivity index (χ1n) is 6.20. The molecule has 1 aromatic carbocycles. The Morgan fingerprint density at radius 1 is 1.38 bits per heavy atom. The third kappa shape index (κ3) is 3.19. The smallest absolute Gasteiger partial charge is 0.339 e. The molecule has 0 bridgehead atoms. The lowest BCUT2D eigenvalue weighted by atomic mass is 10.2. The van der Waals surface area contributed by atoms with Crippen LogP contribution in [0.3, 0.4) is 0 Å². The van der Waals surface area contributed by atoms with E-state index in [1.807, 2.05) is 0 Å². The van der Waals surface area contributed by atoms with Gasteiger partial charge in [-0.05, 0) is 26.0 Å². The van der Waals surface area contributed by atoms with E-state index in [9.17, 15) is 14.9 Å². The number of hydrogen-bond acceptors (Lipinski definition) is 5. The second-order valence-electron chi connectivity index (χ2n) is 4.60. The summed E-state index contributed by atoms with van der Waals surface area (Å²) in [6.45, 7) is 3.48. The molecule has 2 rings (SSSR count). The molecular formula is C14H14N2O5. The number of aromatic carboxylic acids is 1. The summed E-state index contributed by atoms with van der Waals surface area (Å²) < 4.78 is 5.32. The van der Waals surface area contributed by atoms with E-state index in [-0.39, 0.29) is 17.8 Å². The molecule has 7 nitrogen and oxygen atoms in total. The molecular weight excluding hydrogens is 276 g/mol. The first kappa shape index (κ1) is 14.6. The highest BCUT2D eigenvalue weighted by atomic mass is 16.6. The zero-order valence-electron chi connectivity index (χ0n) is 11.5. The number of nitro benzene ring substituents is 1. The van der Waals surface area contributed by atoms with Crippen molar-refractivity contribution < 1.29 is 19.2 Å². The minimum Gasteiger partial charge on any atom is -0.478 e. The van der Waals surface area contributed by atoms with Gasteiger partial charge in [0.25, 0.3) is 5.69 Å². The first-order valence-corrected chi connectivity index (χ1v) is 6.20. The largest absolute Gasteiger partial charge is 0.478 e. The van der Waals surface area contributed by atoms with Gasteiger partial charge in [-0.2, -0.15) is 0 Å². The van der Waals surface area contributed by atoms with Gasteiger partial charge in [0.15, 0.2) is 0 Å². The molecule has 0 aliphatic carbocycles. The summed E-state index contributed by atoms with van der Waals surface area (Å²) in [5.41, 5.74) is 1.29. The van der Waals surface area contributed by atoms with Gasteiger partial charge >= 0.3 is 5.97 Å². The summed E-state index contributed by atoms with van der Waals surface area (Å²) in [6, 6.07) is 6.24. The van der Waals surface area contributed by atoms with E-state index in [1.54, 1.807) is 26.0 Å². The minimum absolute atomic E-state index is 0.0295. The maximum atomic E-state index is 10.9. The Labute approximate surface area is 120 Å². The molecule has 0 radical (unpaired) electrons. The van der Waals surface area contributed by atoms with Crippen molar-refractivity contribution in [3.63, 3.8) is 0 Å². The number of hydrogen-bond donors (Lipinski definition) is 2. The number of aryl methyl sites for hydroxylation is 2. The fraction of sp³-hybridized carbons (Fsp3) is 0.214. The van der Waals surface area contributed by atoms with Crippen LogP contribution in [0.25, 0.3) is 0 Å². The maximum absolute atomic E-state index is 10.9. The molecule has 0 spiro atoms. The van der Waals surface area contributed by atoms with Crippen molar-refractivity contribution in [1.82, 2.24) is 0 Å². The van der Waals surface area contributed by atoms with Gasteiger partial charge in [-0.15, -0.1) is 0 Å². The Morgan fingerprint density at radius 2 is 2.10 bits per heavy atom. The molecule has 21 heavy (non-hydrogen) atoms. The number of rotatable bonds is 5. The molecule has 110 valence electrons. The molecule has 0 amide bonds. The van der Waals surface area contributed by atoms with E-state index in [0.717, 1.165) is 0 Å². The van der Waals surface area contributed by atoms with Crippen molar-refractivity contribution in [3.8, 4) is 0 Å². The highest BCUT2D eigenvalue weighted by Gasteiger charge is 2.14. The number of nitro groups is 1. The van der Waals surface area contributed by atoms with Gasteiger partial charge in [0.1, 0.15) is 17.1 Å². The SMILES string of the molecule is Cc1ccc(NCc2cc(C(=O)O)c(C)o2)cc1[N+](=O)[O-]. The molecule has 0 aliphatic rings. The van der Waals surface area contributed by atoms with E-state index in [2.05, 4.69) is 5.32 Å². The van der Waals surface area contributed by atoms with E-state index >= 15 is 0 Å². The zero-order chi connectivity index (χ0) is 15.6. The first-order chi connectivity index (χ1) is 9.88. The van der Waals surface area contributed by atoms with Crippen molar-refractivity contribution in [2.75, 3.05) is 5.32 Å². The standard InChI is InChI=1S/C14H14N2O5/c1-8-3-4-10(5-13(8)16(19)20)15-7-11-6-12(14(17)18)9(2)21-11/h3-6,15H,7H2,1-2H3,(H,17,18). The summed E-state index contributed by atoms with van der Waals surface area (Å²) >= 11 is 0. The lowest BCUT2D eigenvalue weighted by Gasteiger charge is -2.05. The summed E-state index contributed by atoms with van der Waals surface area (Å²) in [6.07, 6.45) is 0. The monoisotopic (exact) mass is 290 g/mol. The van der Waals surface area contributed by atoms with Crippen molar-refractivity contribution >= 4 is 17.3 Å². The summed E-state index contributed by atoms with van der Waals surface area (Å²) in [5, 5.41) is 22.8. The number of nitrogens with zero attached hydrogens (tertiary/aromatic N) is 1. The van der Waals surface area contributed by atoms with Gasteiger partial charge in [0, 0.05) is 17.3 Å². The third-order valence-electron chi connectivity index (χ3n) is 3.07. The van der Waals surface area contributed by atoms with Crippen LogP contribution >= 0.6 is 0 Å². The van der Waals surface area contributed by atoms with Crippen LogP contribution in [0.2, 0.25) is 0 Å². The Morgan fingerprint density at radius 3 is 2.67 bits per heavy atom. The lowest BCUT2D eigenvalue weighted by Crippen LogP contribution is -2.00. The van der Waals surface area contributed by atoms with Crippen LogP contribution in [0.15, 0.2) is 28.7 Å². The second kappa shape index (κ2) is 5.66. The average Bonchev–Trinajstić information content (AvgIpc) is 2.79. The Balaban J connectivity index is 2.13. The number of benzene rings is 1. The number of anilines is 1. The number of carboxylic acids is 1. The Bertz CT molecular complexity index is 705. The Hall–Kier alpha value is -2.83. The maximum Gasteiger partial charge on any atom is 0.339 e. The number of carbonyl (C=O) groups is 1. The molecule has 0 saturated carbocycles. The van der Waals surface area contributed by atoms with Crippen LogP contribution in [0, 0.1) is 24.0 Å². The second-order valence-corrected chi connectivity index (χ2v) is 4.60. The molecule has 0 fully saturated rings. The molecule has 1 aromatic heterocycles. The molecule has 1 heterocycles. The van der Waals surface area contributed by atoms with Crippen LogP contribution in [0.1, 0.15) is 27.4 Å². The molecule has 0 atom stereocenters. The number of furan rings is 1. The van der Waals surface area contributed by atoms with Gasteiger partial charge in [-0.25, -0.2) is 4.79 Å². The molecule has 0 saturated heterocycles. The third-order valence-corrected chi connectivity index (χ3v) is 3.07. The van der Waals surface area contributed by atoms with Crippen molar-refractivity contribution in [3.05, 3.63) is 57.0 Å². The van der Waals surface area contributed by atoms with Crippen molar-refractivity contribution in [2.45, 2.75) is 20.4 Å². The Kier molecular flexibility index (Phi) is 3.93. The zero-order valence-corrected chi connectivity index (χ0v) is 11.5. The summed E-state index contributed by atoms with van der Waals surface area (Å²) in [4.78, 5) is 21.3. The lowest BCUT2D eigenvalue weighted by molar-refractivity contribution is -0.385. The van der Waals surface area contributed by atoms with Gasteiger partial charge in [0.05, 0.1) is 11.5 Å². The molecule has 0 aliphatic heterocycles. The van der Waals surface area contributed by atoms with E-state index in [0.29, 0.717) is 22.8 Å². The van der Waals surface area contributed by atoms with Gasteiger partial charge < -0.3 is 14.8 Å². The molecule has 2 aromatic rings. The highest BCUT2D eigenvalue weighted by Crippen LogP contribution is 2.23. The summed E-state index contributed by atoms with van der Waals surface area (Å²) in [5.74, 6) is -0.268. The van der Waals surface area contributed by atoms with E-state index < -0.39 is 10.9 Å². The van der Waals surface area contributed by atoms with Gasteiger partial charge in [-0.1, -0.05) is 6.07 Å². The highest BCUT2D eigenvalue weighted by molar-refractivity contribution is 5.88. The molecule has 0 unspecified atom stereocenters. The van der Waals surface area contributed by atoms with Crippen molar-refractivity contribution in [1.29, 1.82) is 0 Å². The topological polar surface area (TPSA) is 106 Å². The average molecular weight is 290 g/mol. The van der Waals surface area contributed by atoms with Crippen LogP contribution in [-0.4, -0.2) is 16.0 Å². The molecule has 2 N–H and O–H groups in total. The van der Waals surface area contributed by atoms with Crippen LogP contribution in [-0.2, 0) is 6.54 Å². The predicted octanol–water partition coefficient (Wildman–Crippen LogP) is 3.11. The summed E-state index contributed by atoms with van der Waals surface area (Å²) in [7, 11) is 0. The number of carboxylic acid groups (broad SMARTS) is 1. The quantitative estimate of drug-likeness (QED) is 0.647. The van der Waals surface area contributed by atoms with Gasteiger partial charge in [-0.3, -0.25) is 10.1 Å². The van der Waals surface area contributed by atoms with Gasteiger partial charge in [0.2, 0.25) is 0 Å². The fourth-order valence-corrected chi connectivity index (χ4v) is 1.95. The minimum atomic E-state index is -1.05. The number of nitrogens with one attached hydrogen (secondary N) is 1. The van der Waals surface area contributed by atoms with Crippen LogP contribution in [0.4, 0.5) is 11.4 Å². The van der Waals surface area contributed by atoms with E-state index in [4.69, 9.17) is 9.52 Å². The normalized spacial score (nSPS) is 10.4. The van der Waals surface area contributed by atoms with E-state index in [1.165, 1.54) is 12.1 Å².